The number of rotatable bonds is 7. The number of esters is 1. The van der Waals surface area contributed by atoms with Gasteiger partial charge in [-0.1, -0.05) is 12.1 Å². The summed E-state index contributed by atoms with van der Waals surface area (Å²) < 4.78 is 18.8. The third-order valence-corrected chi connectivity index (χ3v) is 4.79. The Kier molecular flexibility index (Phi) is 7.82. The molecular formula is C23H17BrFN3O4. The summed E-state index contributed by atoms with van der Waals surface area (Å²) in [6, 6.07) is 18.4. The summed E-state index contributed by atoms with van der Waals surface area (Å²) in [6.07, 6.45) is 1.40. The van der Waals surface area contributed by atoms with Gasteiger partial charge in [0.05, 0.1) is 18.3 Å². The van der Waals surface area contributed by atoms with E-state index < -0.39 is 23.6 Å². The quantitative estimate of drug-likeness (QED) is 0.225. The fourth-order valence-electron chi connectivity index (χ4n) is 2.49. The van der Waals surface area contributed by atoms with E-state index in [0.717, 1.165) is 12.1 Å². The summed E-state index contributed by atoms with van der Waals surface area (Å²) in [6.45, 7) is -0.294. The number of hydrazone groups is 1. The Hall–Kier alpha value is -3.85. The van der Waals surface area contributed by atoms with E-state index in [0.29, 0.717) is 21.3 Å². The molecule has 0 unspecified atom stereocenters. The van der Waals surface area contributed by atoms with Gasteiger partial charge in [0.15, 0.2) is 0 Å². The molecule has 32 heavy (non-hydrogen) atoms. The highest BCUT2D eigenvalue weighted by Gasteiger charge is 2.11. The second kappa shape index (κ2) is 11.0. The van der Waals surface area contributed by atoms with Crippen LogP contribution in [-0.2, 0) is 4.79 Å². The van der Waals surface area contributed by atoms with Gasteiger partial charge in [-0.05, 0) is 82.2 Å². The number of carbonyl (C=O) groups excluding carboxylic acids is 3. The highest BCUT2D eigenvalue weighted by Crippen LogP contribution is 2.19. The second-order valence-corrected chi connectivity index (χ2v) is 7.28. The van der Waals surface area contributed by atoms with Crippen LogP contribution < -0.4 is 15.5 Å². The lowest BCUT2D eigenvalue weighted by Crippen LogP contribution is -2.34. The maximum absolute atomic E-state index is 12.9. The van der Waals surface area contributed by atoms with Crippen LogP contribution in [0.15, 0.2) is 82.4 Å². The maximum Gasteiger partial charge on any atom is 0.344 e. The molecule has 0 radical (unpaired) electrons. The Balaban J connectivity index is 1.45. The molecule has 7 nitrogen and oxygen atoms in total. The highest BCUT2D eigenvalue weighted by molar-refractivity contribution is 9.10. The fraction of sp³-hybridized carbons (Fsp3) is 0.0435. The minimum Gasteiger partial charge on any atom is -0.423 e. The van der Waals surface area contributed by atoms with Crippen LogP contribution in [0.4, 0.5) is 4.39 Å². The van der Waals surface area contributed by atoms with Gasteiger partial charge in [-0.3, -0.25) is 9.59 Å². The number of benzene rings is 3. The van der Waals surface area contributed by atoms with Gasteiger partial charge in [0.1, 0.15) is 11.6 Å². The smallest absolute Gasteiger partial charge is 0.344 e. The van der Waals surface area contributed by atoms with E-state index in [1.807, 2.05) is 0 Å². The Morgan fingerprint density at radius 1 is 0.969 bits per heavy atom. The average molecular weight is 498 g/mol. The summed E-state index contributed by atoms with van der Waals surface area (Å²) in [5.41, 5.74) is 3.59. The Morgan fingerprint density at radius 3 is 2.34 bits per heavy atom. The molecule has 2 N–H and O–H groups in total. The van der Waals surface area contributed by atoms with Gasteiger partial charge in [-0.2, -0.15) is 5.10 Å². The molecule has 3 aromatic carbocycles. The predicted molar refractivity (Wildman–Crippen MR) is 120 cm³/mol. The number of nitrogens with one attached hydrogen (secondary N) is 2. The van der Waals surface area contributed by atoms with Crippen LogP contribution in [0.25, 0.3) is 0 Å². The molecular weight excluding hydrogens is 481 g/mol. The number of carbonyl (C=O) groups is 3. The maximum atomic E-state index is 12.9. The number of hydrogen-bond acceptors (Lipinski definition) is 5. The van der Waals surface area contributed by atoms with Crippen molar-refractivity contribution in [2.45, 2.75) is 0 Å². The first-order chi connectivity index (χ1) is 15.4. The number of nitrogens with zero attached hydrogens (tertiary/aromatic N) is 1. The first kappa shape index (κ1) is 22.8. The monoisotopic (exact) mass is 497 g/mol. The van der Waals surface area contributed by atoms with Crippen LogP contribution in [0, 0.1) is 5.82 Å². The van der Waals surface area contributed by atoms with Crippen molar-refractivity contribution in [3.8, 4) is 5.75 Å². The highest BCUT2D eigenvalue weighted by atomic mass is 79.9. The van der Waals surface area contributed by atoms with Crippen LogP contribution >= 0.6 is 15.9 Å². The van der Waals surface area contributed by atoms with E-state index in [1.165, 1.54) is 18.3 Å². The van der Waals surface area contributed by atoms with Gasteiger partial charge >= 0.3 is 5.97 Å². The molecule has 0 fully saturated rings. The van der Waals surface area contributed by atoms with Crippen molar-refractivity contribution in [2.75, 3.05) is 6.54 Å². The van der Waals surface area contributed by atoms with E-state index in [2.05, 4.69) is 31.8 Å². The molecule has 0 heterocycles. The summed E-state index contributed by atoms with van der Waals surface area (Å²) in [5.74, 6) is -1.62. The molecule has 0 atom stereocenters. The van der Waals surface area contributed by atoms with Gasteiger partial charge in [0.2, 0.25) is 0 Å². The van der Waals surface area contributed by atoms with Gasteiger partial charge in [-0.15, -0.1) is 0 Å². The van der Waals surface area contributed by atoms with Crippen LogP contribution in [0.5, 0.6) is 5.75 Å². The first-order valence-electron chi connectivity index (χ1n) is 9.35. The molecule has 0 spiro atoms. The lowest BCUT2D eigenvalue weighted by Gasteiger charge is -2.06. The lowest BCUT2D eigenvalue weighted by molar-refractivity contribution is -0.120. The Bertz CT molecular complexity index is 1150. The normalized spacial score (nSPS) is 10.6. The van der Waals surface area contributed by atoms with Crippen molar-refractivity contribution in [2.24, 2.45) is 5.10 Å². The van der Waals surface area contributed by atoms with E-state index in [1.54, 1.807) is 48.5 Å². The number of hydrogen-bond donors (Lipinski definition) is 2. The number of amides is 2. The SMILES string of the molecule is O=C(CNC(=O)c1ccc(F)cc1)NN=Cc1ccc(OC(=O)c2ccccc2Br)cc1. The minimum absolute atomic E-state index is 0.239. The molecule has 3 rings (SSSR count). The van der Waals surface area contributed by atoms with Crippen LogP contribution in [0.3, 0.4) is 0 Å². The number of ether oxygens (including phenoxy) is 1. The molecule has 0 bridgehead atoms. The van der Waals surface area contributed by atoms with E-state index in [-0.39, 0.29) is 12.1 Å². The van der Waals surface area contributed by atoms with Crippen molar-refractivity contribution >= 4 is 39.9 Å². The van der Waals surface area contributed by atoms with Crippen molar-refractivity contribution in [1.82, 2.24) is 10.7 Å². The molecule has 162 valence electrons. The fourth-order valence-corrected chi connectivity index (χ4v) is 2.94. The summed E-state index contributed by atoms with van der Waals surface area (Å²) >= 11 is 3.31. The molecule has 0 aliphatic carbocycles. The van der Waals surface area contributed by atoms with Gasteiger partial charge in [0, 0.05) is 10.0 Å². The molecule has 0 saturated heterocycles. The van der Waals surface area contributed by atoms with E-state index in [4.69, 9.17) is 4.74 Å². The van der Waals surface area contributed by atoms with Gasteiger partial charge in [-0.25, -0.2) is 14.6 Å². The lowest BCUT2D eigenvalue weighted by atomic mass is 10.2. The Morgan fingerprint density at radius 2 is 1.66 bits per heavy atom. The molecule has 9 heteroatoms. The molecule has 2 amide bonds. The van der Waals surface area contributed by atoms with Gasteiger partial charge in [0.25, 0.3) is 11.8 Å². The summed E-state index contributed by atoms with van der Waals surface area (Å²) in [4.78, 5) is 35.9. The first-order valence-corrected chi connectivity index (χ1v) is 10.1. The molecule has 0 aliphatic heterocycles. The topological polar surface area (TPSA) is 96.9 Å². The van der Waals surface area contributed by atoms with Crippen LogP contribution in [-0.4, -0.2) is 30.5 Å². The summed E-state index contributed by atoms with van der Waals surface area (Å²) in [5, 5.41) is 6.23. The van der Waals surface area contributed by atoms with Crippen molar-refractivity contribution in [1.29, 1.82) is 0 Å². The number of halogens is 2. The Labute approximate surface area is 191 Å². The second-order valence-electron chi connectivity index (χ2n) is 6.42. The van der Waals surface area contributed by atoms with Crippen molar-refractivity contribution in [3.63, 3.8) is 0 Å². The zero-order valence-electron chi connectivity index (χ0n) is 16.5. The van der Waals surface area contributed by atoms with Crippen LogP contribution in [0.2, 0.25) is 0 Å². The molecule has 0 aliphatic rings. The van der Waals surface area contributed by atoms with Crippen molar-refractivity contribution < 1.29 is 23.5 Å². The van der Waals surface area contributed by atoms with Crippen LogP contribution in [0.1, 0.15) is 26.3 Å². The molecule has 0 aromatic heterocycles. The zero-order chi connectivity index (χ0) is 22.9. The zero-order valence-corrected chi connectivity index (χ0v) is 18.1. The standard InChI is InChI=1S/C23H17BrFN3O4/c24-20-4-2-1-3-19(20)23(31)32-18-11-5-15(6-12-18)13-27-28-21(29)14-26-22(30)16-7-9-17(25)10-8-16/h1-13H,14H2,(H,26,30)(H,28,29). The third-order valence-electron chi connectivity index (χ3n) is 4.10. The largest absolute Gasteiger partial charge is 0.423 e. The summed E-state index contributed by atoms with van der Waals surface area (Å²) in [7, 11) is 0. The van der Waals surface area contributed by atoms with E-state index in [9.17, 15) is 18.8 Å². The molecule has 0 saturated carbocycles. The van der Waals surface area contributed by atoms with Crippen molar-refractivity contribution in [3.05, 3.63) is 99.8 Å². The van der Waals surface area contributed by atoms with E-state index >= 15 is 0 Å². The van der Waals surface area contributed by atoms with Gasteiger partial charge < -0.3 is 10.1 Å². The predicted octanol–water partition coefficient (Wildman–Crippen LogP) is 3.69. The minimum atomic E-state index is -0.532. The third kappa shape index (κ3) is 6.58. The average Bonchev–Trinajstić information content (AvgIpc) is 2.79. The molecule has 3 aromatic rings.